The average Bonchev–Trinajstić information content (AvgIpc) is 2.46. The second-order valence-electron chi connectivity index (χ2n) is 5.00. The Morgan fingerprint density at radius 3 is 2.43 bits per heavy atom. The summed E-state index contributed by atoms with van der Waals surface area (Å²) in [6.45, 7) is 2.61. The lowest BCUT2D eigenvalue weighted by molar-refractivity contribution is -0.144. The van der Waals surface area contributed by atoms with Gasteiger partial charge in [-0.1, -0.05) is 30.3 Å². The summed E-state index contributed by atoms with van der Waals surface area (Å²) in [6.07, 6.45) is 0.283. The first-order chi connectivity index (χ1) is 10.0. The zero-order valence-electron chi connectivity index (χ0n) is 13.0. The molecule has 1 amide bonds. The van der Waals surface area contributed by atoms with Crippen LogP contribution >= 0.6 is 0 Å². The van der Waals surface area contributed by atoms with E-state index < -0.39 is 0 Å². The molecule has 0 fully saturated rings. The maximum Gasteiger partial charge on any atom is 0.306 e. The fourth-order valence-electron chi connectivity index (χ4n) is 2.02. The third-order valence-electron chi connectivity index (χ3n) is 3.16. The number of benzene rings is 1. The van der Waals surface area contributed by atoms with E-state index >= 15 is 0 Å². The molecule has 0 aliphatic carbocycles. The van der Waals surface area contributed by atoms with Crippen LogP contribution in [0.15, 0.2) is 30.3 Å². The fourth-order valence-corrected chi connectivity index (χ4v) is 2.02. The van der Waals surface area contributed by atoms with Crippen molar-refractivity contribution in [1.29, 1.82) is 0 Å². The number of nitrogens with zero attached hydrogens (tertiary/aromatic N) is 1. The largest absolute Gasteiger partial charge is 0.466 e. The van der Waals surface area contributed by atoms with Crippen LogP contribution in [-0.2, 0) is 14.3 Å². The molecule has 1 N–H and O–H groups in total. The number of likely N-dealkylation sites (N-methyl/N-ethyl adjacent to an activating group) is 1. The van der Waals surface area contributed by atoms with Crippen LogP contribution in [0.2, 0.25) is 0 Å². The van der Waals surface area contributed by atoms with Gasteiger partial charge in [0.1, 0.15) is 0 Å². The van der Waals surface area contributed by atoms with E-state index in [9.17, 15) is 9.59 Å². The predicted molar refractivity (Wildman–Crippen MR) is 81.7 cm³/mol. The lowest BCUT2D eigenvalue weighted by Gasteiger charge is -2.25. The molecule has 0 radical (unpaired) electrons. The molecule has 1 atom stereocenters. The molecule has 0 aliphatic heterocycles. The number of amides is 1. The van der Waals surface area contributed by atoms with E-state index in [1.165, 1.54) is 0 Å². The monoisotopic (exact) mass is 292 g/mol. The van der Waals surface area contributed by atoms with Gasteiger partial charge in [0.05, 0.1) is 19.1 Å². The maximum atomic E-state index is 11.8. The van der Waals surface area contributed by atoms with Crippen LogP contribution in [0.5, 0.6) is 0 Å². The third-order valence-corrected chi connectivity index (χ3v) is 3.16. The van der Waals surface area contributed by atoms with Crippen LogP contribution in [0.1, 0.15) is 31.4 Å². The summed E-state index contributed by atoms with van der Waals surface area (Å²) in [5.41, 5.74) is 1.15. The van der Waals surface area contributed by atoms with Gasteiger partial charge in [-0.2, -0.15) is 0 Å². The highest BCUT2D eigenvalue weighted by atomic mass is 16.5. The summed E-state index contributed by atoms with van der Waals surface area (Å²) in [5.74, 6) is -0.467. The fraction of sp³-hybridized carbons (Fsp3) is 0.500. The number of rotatable bonds is 8. The SMILES string of the molecule is CCOC(=O)CCC(=O)NCC(c1ccccc1)N(C)C. The standard InChI is InChI=1S/C16H24N2O3/c1-4-21-16(20)11-10-15(19)17-12-14(18(2)3)13-8-6-5-7-9-13/h5-9,14H,4,10-12H2,1-3H3,(H,17,19). The van der Waals surface area contributed by atoms with E-state index in [0.717, 1.165) is 5.56 Å². The minimum atomic E-state index is -0.333. The number of carbonyl (C=O) groups is 2. The second kappa shape index (κ2) is 9.13. The summed E-state index contributed by atoms with van der Waals surface area (Å²) in [6, 6.07) is 10.1. The topological polar surface area (TPSA) is 58.6 Å². The van der Waals surface area contributed by atoms with Gasteiger partial charge in [0.2, 0.25) is 5.91 Å². The van der Waals surface area contributed by atoms with Gasteiger partial charge in [-0.25, -0.2) is 0 Å². The molecule has 0 bridgehead atoms. The summed E-state index contributed by atoms with van der Waals surface area (Å²) < 4.78 is 4.80. The Bertz CT molecular complexity index is 446. The molecule has 0 aliphatic rings. The van der Waals surface area contributed by atoms with Crippen molar-refractivity contribution in [2.45, 2.75) is 25.8 Å². The van der Waals surface area contributed by atoms with E-state index in [0.29, 0.717) is 13.2 Å². The summed E-state index contributed by atoms with van der Waals surface area (Å²) >= 11 is 0. The Balaban J connectivity index is 2.44. The number of nitrogens with one attached hydrogen (secondary N) is 1. The van der Waals surface area contributed by atoms with E-state index in [-0.39, 0.29) is 30.8 Å². The Hall–Kier alpha value is -1.88. The van der Waals surface area contributed by atoms with E-state index in [2.05, 4.69) is 10.2 Å². The maximum absolute atomic E-state index is 11.8. The minimum Gasteiger partial charge on any atom is -0.466 e. The average molecular weight is 292 g/mol. The zero-order valence-corrected chi connectivity index (χ0v) is 13.0. The second-order valence-corrected chi connectivity index (χ2v) is 5.00. The van der Waals surface area contributed by atoms with E-state index in [1.54, 1.807) is 6.92 Å². The van der Waals surface area contributed by atoms with Crippen molar-refractivity contribution in [3.05, 3.63) is 35.9 Å². The van der Waals surface area contributed by atoms with Gasteiger partial charge < -0.3 is 15.0 Å². The molecule has 0 saturated heterocycles. The number of ether oxygens (including phenoxy) is 1. The molecule has 0 heterocycles. The molecule has 1 aromatic carbocycles. The highest BCUT2D eigenvalue weighted by molar-refractivity contribution is 5.81. The lowest BCUT2D eigenvalue weighted by atomic mass is 10.1. The molecule has 1 unspecified atom stereocenters. The first-order valence-corrected chi connectivity index (χ1v) is 7.18. The molecule has 1 rings (SSSR count). The van der Waals surface area contributed by atoms with Crippen LogP contribution in [0.3, 0.4) is 0 Å². The van der Waals surface area contributed by atoms with Crippen molar-refractivity contribution < 1.29 is 14.3 Å². The normalized spacial score (nSPS) is 12.0. The van der Waals surface area contributed by atoms with Gasteiger partial charge in [-0.3, -0.25) is 9.59 Å². The molecule has 5 heteroatoms. The van der Waals surface area contributed by atoms with Gasteiger partial charge in [0.15, 0.2) is 0 Å². The third kappa shape index (κ3) is 6.40. The highest BCUT2D eigenvalue weighted by Crippen LogP contribution is 2.16. The van der Waals surface area contributed by atoms with Crippen molar-refractivity contribution in [2.24, 2.45) is 0 Å². The van der Waals surface area contributed by atoms with Crippen molar-refractivity contribution in [2.75, 3.05) is 27.2 Å². The number of esters is 1. The lowest BCUT2D eigenvalue weighted by Crippen LogP contribution is -2.34. The van der Waals surface area contributed by atoms with E-state index in [1.807, 2.05) is 44.4 Å². The zero-order chi connectivity index (χ0) is 15.7. The van der Waals surface area contributed by atoms with Crippen molar-refractivity contribution in [3.8, 4) is 0 Å². The van der Waals surface area contributed by atoms with Gasteiger partial charge >= 0.3 is 5.97 Å². The van der Waals surface area contributed by atoms with Crippen molar-refractivity contribution in [3.63, 3.8) is 0 Å². The summed E-state index contributed by atoms with van der Waals surface area (Å²) in [5, 5.41) is 2.87. The highest BCUT2D eigenvalue weighted by Gasteiger charge is 2.15. The molecule has 5 nitrogen and oxygen atoms in total. The molecule has 116 valence electrons. The molecule has 21 heavy (non-hydrogen) atoms. The summed E-state index contributed by atoms with van der Waals surface area (Å²) in [7, 11) is 3.95. The molecule has 1 aromatic rings. The first kappa shape index (κ1) is 17.2. The van der Waals surface area contributed by atoms with Crippen LogP contribution < -0.4 is 5.32 Å². The predicted octanol–water partition coefficient (Wildman–Crippen LogP) is 1.75. The first-order valence-electron chi connectivity index (χ1n) is 7.18. The Labute approximate surface area is 126 Å². The van der Waals surface area contributed by atoms with Crippen LogP contribution in [0, 0.1) is 0 Å². The number of hydrogen-bond donors (Lipinski definition) is 1. The van der Waals surface area contributed by atoms with Gasteiger partial charge in [-0.05, 0) is 26.6 Å². The van der Waals surface area contributed by atoms with Crippen molar-refractivity contribution in [1.82, 2.24) is 10.2 Å². The van der Waals surface area contributed by atoms with Crippen LogP contribution in [0.25, 0.3) is 0 Å². The molecule has 0 aromatic heterocycles. The Morgan fingerprint density at radius 2 is 1.86 bits per heavy atom. The molecule has 0 saturated carbocycles. The van der Waals surface area contributed by atoms with Crippen LogP contribution in [0.4, 0.5) is 0 Å². The smallest absolute Gasteiger partial charge is 0.306 e. The number of carbonyl (C=O) groups excluding carboxylic acids is 2. The van der Waals surface area contributed by atoms with Gasteiger partial charge in [-0.15, -0.1) is 0 Å². The quantitative estimate of drug-likeness (QED) is 0.742. The molecular formula is C16H24N2O3. The van der Waals surface area contributed by atoms with Crippen LogP contribution in [-0.4, -0.2) is 44.0 Å². The Kier molecular flexibility index (Phi) is 7.46. The number of hydrogen-bond acceptors (Lipinski definition) is 4. The summed E-state index contributed by atoms with van der Waals surface area (Å²) in [4.78, 5) is 25.0. The van der Waals surface area contributed by atoms with Crippen molar-refractivity contribution >= 4 is 11.9 Å². The van der Waals surface area contributed by atoms with E-state index in [4.69, 9.17) is 4.74 Å². The minimum absolute atomic E-state index is 0.109. The molecule has 0 spiro atoms. The van der Waals surface area contributed by atoms with Gasteiger partial charge in [0.25, 0.3) is 0 Å². The Morgan fingerprint density at radius 1 is 1.19 bits per heavy atom. The molecular weight excluding hydrogens is 268 g/mol. The van der Waals surface area contributed by atoms with Gasteiger partial charge in [0, 0.05) is 13.0 Å².